The lowest BCUT2D eigenvalue weighted by atomic mass is 9.83. The molecule has 55 heavy (non-hydrogen) atoms. The summed E-state index contributed by atoms with van der Waals surface area (Å²) in [7, 11) is 6.85. The normalized spacial score (nSPS) is 27.5. The van der Waals surface area contributed by atoms with Gasteiger partial charge in [0.15, 0.2) is 0 Å². The molecule has 0 radical (unpaired) electrons. The molecule has 8 atom stereocenters. The van der Waals surface area contributed by atoms with Crippen LogP contribution in [0.2, 0.25) is 0 Å². The summed E-state index contributed by atoms with van der Waals surface area (Å²) in [6.07, 6.45) is 7.80. The minimum absolute atomic E-state index is 0.0173. The van der Waals surface area contributed by atoms with Gasteiger partial charge in [-0.2, -0.15) is 8.42 Å². The number of hydrogen-bond acceptors (Lipinski definition) is 11. The largest absolute Gasteiger partial charge is 0.444 e. The molecule has 4 rings (SSSR count). The zero-order valence-electron chi connectivity index (χ0n) is 35.4. The van der Waals surface area contributed by atoms with Crippen LogP contribution in [0.25, 0.3) is 0 Å². The molecule has 0 aromatic heterocycles. The van der Waals surface area contributed by atoms with Gasteiger partial charge in [-0.3, -0.25) is 18.6 Å². The van der Waals surface area contributed by atoms with Gasteiger partial charge in [-0.05, 0) is 99.3 Å². The van der Waals surface area contributed by atoms with Crippen LogP contribution in [0, 0.1) is 17.8 Å². The number of carbonyl (C=O) groups excluding carboxylic acids is 5. The second kappa shape index (κ2) is 20.3. The van der Waals surface area contributed by atoms with Crippen LogP contribution in [0.5, 0.6) is 0 Å². The molecule has 4 aliphatic rings. The third kappa shape index (κ3) is 18.1. The second-order valence-corrected chi connectivity index (χ2v) is 19.3. The van der Waals surface area contributed by atoms with Crippen molar-refractivity contribution in [3.8, 4) is 0 Å². The van der Waals surface area contributed by atoms with Gasteiger partial charge in [0, 0.05) is 66.1 Å². The number of rotatable bonds is 7. The summed E-state index contributed by atoms with van der Waals surface area (Å²) in [5.74, 6) is 0.315. The number of carbonyl (C=O) groups is 5. The second-order valence-electron chi connectivity index (χ2n) is 17.7. The summed E-state index contributed by atoms with van der Waals surface area (Å²) in [6.45, 7) is 10.7. The molecule has 1 saturated heterocycles. The molecule has 3 saturated carbocycles. The molecule has 4 fully saturated rings. The summed E-state index contributed by atoms with van der Waals surface area (Å²) in [5.41, 5.74) is -1.16. The number of nitrogens with one attached hydrogen (secondary N) is 2. The van der Waals surface area contributed by atoms with Crippen LogP contribution < -0.4 is 10.6 Å². The summed E-state index contributed by atoms with van der Waals surface area (Å²) in [4.78, 5) is 64.2. The SMILES string of the molecule is CN(C)C(=O)[C@H]1CCC[C@H](NC(=O)OC(C)(C)C)C1.CN(C)C(=O)[C@H]1CC[C@@H](OS(C)(=O)=O)[C@H](NC(=O)OC(C)(C)C)C1.CN(C)C(=O)[C@H]1CC[C@H]2O[C@H]2C1. The lowest BCUT2D eigenvalue weighted by molar-refractivity contribution is -0.135. The van der Waals surface area contributed by atoms with Gasteiger partial charge in [0.05, 0.1) is 30.6 Å². The Morgan fingerprint density at radius 1 is 0.600 bits per heavy atom. The highest BCUT2D eigenvalue weighted by Crippen LogP contribution is 2.39. The first kappa shape index (κ1) is 48.0. The number of amides is 5. The van der Waals surface area contributed by atoms with E-state index in [1.54, 1.807) is 58.8 Å². The molecule has 5 amide bonds. The number of epoxide rings is 1. The molecule has 1 aliphatic heterocycles. The van der Waals surface area contributed by atoms with Crippen LogP contribution in [0.3, 0.4) is 0 Å². The van der Waals surface area contributed by atoms with Crippen molar-refractivity contribution in [2.24, 2.45) is 17.8 Å². The molecule has 17 heteroatoms. The van der Waals surface area contributed by atoms with Crippen molar-refractivity contribution in [2.75, 3.05) is 48.5 Å². The minimum atomic E-state index is -3.67. The molecule has 0 unspecified atom stereocenters. The molecule has 2 N–H and O–H groups in total. The first-order chi connectivity index (χ1) is 25.2. The Kier molecular flexibility index (Phi) is 17.7. The van der Waals surface area contributed by atoms with E-state index in [1.807, 2.05) is 34.9 Å². The average molecular weight is 804 g/mol. The summed E-state index contributed by atoms with van der Waals surface area (Å²) in [5, 5.41) is 5.52. The van der Waals surface area contributed by atoms with Crippen molar-refractivity contribution in [1.82, 2.24) is 25.3 Å². The van der Waals surface area contributed by atoms with Crippen molar-refractivity contribution < 1.29 is 50.8 Å². The van der Waals surface area contributed by atoms with E-state index in [-0.39, 0.29) is 41.5 Å². The van der Waals surface area contributed by atoms with Crippen molar-refractivity contribution in [3.05, 3.63) is 0 Å². The van der Waals surface area contributed by atoms with Crippen molar-refractivity contribution in [2.45, 2.75) is 147 Å². The van der Waals surface area contributed by atoms with Crippen molar-refractivity contribution >= 4 is 40.0 Å². The molecule has 3 aliphatic carbocycles. The Hall–Kier alpha value is -3.18. The van der Waals surface area contributed by atoms with E-state index in [1.165, 1.54) is 4.90 Å². The Bertz CT molecular complexity index is 1420. The lowest BCUT2D eigenvalue weighted by Crippen LogP contribution is -2.51. The zero-order valence-corrected chi connectivity index (χ0v) is 36.2. The number of alkyl carbamates (subject to hydrolysis) is 2. The van der Waals surface area contributed by atoms with Crippen LogP contribution in [-0.4, -0.2) is 143 Å². The van der Waals surface area contributed by atoms with E-state index in [0.717, 1.165) is 44.8 Å². The number of ether oxygens (including phenoxy) is 3. The highest BCUT2D eigenvalue weighted by molar-refractivity contribution is 7.86. The third-order valence-corrected chi connectivity index (χ3v) is 10.2. The fourth-order valence-electron chi connectivity index (χ4n) is 7.06. The predicted octanol–water partition coefficient (Wildman–Crippen LogP) is 3.91. The predicted molar refractivity (Wildman–Crippen MR) is 207 cm³/mol. The molecule has 0 aromatic carbocycles. The Balaban J connectivity index is 0.000000299. The first-order valence-corrected chi connectivity index (χ1v) is 21.1. The molecule has 318 valence electrons. The van der Waals surface area contributed by atoms with Gasteiger partial charge in [0.2, 0.25) is 17.7 Å². The molecular formula is C38H69N5O11S. The zero-order chi connectivity index (χ0) is 42.1. The van der Waals surface area contributed by atoms with E-state index in [0.29, 0.717) is 37.9 Å². The van der Waals surface area contributed by atoms with Crippen LogP contribution in [0.15, 0.2) is 0 Å². The first-order valence-electron chi connectivity index (χ1n) is 19.3. The quantitative estimate of drug-likeness (QED) is 0.280. The maximum Gasteiger partial charge on any atom is 0.407 e. The Labute approximate surface area is 329 Å². The maximum atomic E-state index is 12.2. The lowest BCUT2D eigenvalue weighted by Gasteiger charge is -2.36. The van der Waals surface area contributed by atoms with Crippen molar-refractivity contribution in [3.63, 3.8) is 0 Å². The maximum absolute atomic E-state index is 12.2. The van der Waals surface area contributed by atoms with Gasteiger partial charge in [0.1, 0.15) is 11.2 Å². The third-order valence-electron chi connectivity index (χ3n) is 9.56. The summed E-state index contributed by atoms with van der Waals surface area (Å²) in [6, 6.07) is -0.574. The number of nitrogens with zero attached hydrogens (tertiary/aromatic N) is 3. The standard InChI is InChI=1S/C15H28N2O6S.C14H26N2O3.C9H15NO2/c1-15(2,3)22-14(19)16-11-9-10(13(18)17(4)5)7-8-12(11)23-24(6,20)21;1-14(2,3)19-13(18)15-11-8-6-7-10(9-11)12(17)16(4)5;1-10(2)9(11)6-3-4-7-8(5-6)12-7/h10-12H,7-9H2,1-6H3,(H,16,19);10-11H,6-9H2,1-5H3,(H,15,18);6-8H,3-5H2,1-2H3/t10-,11+,12+;10-,11-;6-,7+,8-/m000/s1. The molecule has 1 heterocycles. The van der Waals surface area contributed by atoms with Crippen LogP contribution in [-0.2, 0) is 42.9 Å². The van der Waals surface area contributed by atoms with Gasteiger partial charge in [-0.25, -0.2) is 9.59 Å². The molecule has 0 aromatic rings. The highest BCUT2D eigenvalue weighted by Gasteiger charge is 2.46. The van der Waals surface area contributed by atoms with E-state index in [2.05, 4.69) is 10.6 Å². The van der Waals surface area contributed by atoms with Crippen molar-refractivity contribution in [1.29, 1.82) is 0 Å². The molecule has 0 bridgehead atoms. The fourth-order valence-corrected chi connectivity index (χ4v) is 7.74. The van der Waals surface area contributed by atoms with Gasteiger partial charge < -0.3 is 39.5 Å². The monoisotopic (exact) mass is 803 g/mol. The van der Waals surface area contributed by atoms with E-state index in [9.17, 15) is 32.4 Å². The van der Waals surface area contributed by atoms with Crippen LogP contribution >= 0.6 is 0 Å². The number of fused-ring (bicyclic) bond motifs is 1. The van der Waals surface area contributed by atoms with Crippen LogP contribution in [0.1, 0.15) is 106 Å². The summed E-state index contributed by atoms with van der Waals surface area (Å²) < 4.78 is 43.8. The molecule has 16 nitrogen and oxygen atoms in total. The highest BCUT2D eigenvalue weighted by atomic mass is 32.2. The van der Waals surface area contributed by atoms with E-state index in [4.69, 9.17) is 18.4 Å². The number of hydrogen-bond donors (Lipinski definition) is 2. The van der Waals surface area contributed by atoms with E-state index >= 15 is 0 Å². The molecular weight excluding hydrogens is 735 g/mol. The fraction of sp³-hybridized carbons (Fsp3) is 0.868. The Morgan fingerprint density at radius 2 is 1.05 bits per heavy atom. The van der Waals surface area contributed by atoms with Gasteiger partial charge in [0.25, 0.3) is 10.1 Å². The van der Waals surface area contributed by atoms with Gasteiger partial charge in [-0.15, -0.1) is 0 Å². The van der Waals surface area contributed by atoms with Gasteiger partial charge >= 0.3 is 12.2 Å². The van der Waals surface area contributed by atoms with E-state index < -0.39 is 45.7 Å². The van der Waals surface area contributed by atoms with Crippen LogP contribution in [0.4, 0.5) is 9.59 Å². The topological polar surface area (TPSA) is 193 Å². The smallest absolute Gasteiger partial charge is 0.407 e. The van der Waals surface area contributed by atoms with Gasteiger partial charge in [-0.1, -0.05) is 6.42 Å². The average Bonchev–Trinajstić information content (AvgIpc) is 3.82. The Morgan fingerprint density at radius 3 is 1.51 bits per heavy atom. The minimum Gasteiger partial charge on any atom is -0.444 e. The molecule has 0 spiro atoms. The summed E-state index contributed by atoms with van der Waals surface area (Å²) >= 11 is 0.